The fourth-order valence-electron chi connectivity index (χ4n) is 0.407. The minimum Gasteiger partial charge on any atom is -0.368 e. The number of nitrogens with two attached hydrogens (primary N) is 1. The minimum absolute atomic E-state index is 0.396. The van der Waals surface area contributed by atoms with Crippen molar-refractivity contribution >= 4 is 5.95 Å². The van der Waals surface area contributed by atoms with E-state index in [9.17, 15) is 8.78 Å². The van der Waals surface area contributed by atoms with Gasteiger partial charge in [-0.15, -0.1) is 0 Å². The van der Waals surface area contributed by atoms with Gasteiger partial charge in [-0.2, -0.15) is 18.7 Å². The predicted octanol–water partition coefficient (Wildman–Crippen LogP) is 0.337. The Bertz CT molecular complexity index is 175. The summed E-state index contributed by atoms with van der Waals surface area (Å²) < 4.78 is 23.9. The second-order valence-electron chi connectivity index (χ2n) is 1.37. The Hall–Kier alpha value is -1.26. The van der Waals surface area contributed by atoms with Crippen molar-refractivity contribution in [3.05, 3.63) is 18.0 Å². The molecule has 5 heteroatoms. The van der Waals surface area contributed by atoms with Gasteiger partial charge in [0.25, 0.3) is 0 Å². The van der Waals surface area contributed by atoms with Gasteiger partial charge < -0.3 is 5.73 Å². The van der Waals surface area contributed by atoms with Crippen LogP contribution in [0.3, 0.4) is 0 Å². The highest BCUT2D eigenvalue weighted by molar-refractivity contribution is 5.13. The molecular formula is C4H3F2N3. The Morgan fingerprint density at radius 2 is 1.67 bits per heavy atom. The minimum atomic E-state index is -0.958. The lowest BCUT2D eigenvalue weighted by Gasteiger charge is -1.89. The zero-order valence-corrected chi connectivity index (χ0v) is 4.31. The molecule has 0 aromatic carbocycles. The predicted molar refractivity (Wildman–Crippen MR) is 26.4 cm³/mol. The Morgan fingerprint density at radius 1 is 1.22 bits per heavy atom. The van der Waals surface area contributed by atoms with E-state index in [0.717, 1.165) is 0 Å². The SMILES string of the molecule is Nc1nc(F)cc(F)n1. The van der Waals surface area contributed by atoms with Crippen LogP contribution in [0, 0.1) is 11.9 Å². The molecule has 0 saturated carbocycles. The van der Waals surface area contributed by atoms with E-state index in [0.29, 0.717) is 6.07 Å². The first kappa shape index (κ1) is 5.87. The van der Waals surface area contributed by atoms with E-state index in [2.05, 4.69) is 9.97 Å². The molecule has 0 aliphatic rings. The van der Waals surface area contributed by atoms with Crippen LogP contribution in [0.1, 0.15) is 0 Å². The van der Waals surface area contributed by atoms with Gasteiger partial charge in [0.2, 0.25) is 17.8 Å². The molecule has 0 spiro atoms. The first-order valence-electron chi connectivity index (χ1n) is 2.14. The van der Waals surface area contributed by atoms with Gasteiger partial charge >= 0.3 is 0 Å². The van der Waals surface area contributed by atoms with E-state index in [1.807, 2.05) is 0 Å². The summed E-state index contributed by atoms with van der Waals surface area (Å²) in [6, 6.07) is 0.552. The molecular weight excluding hydrogens is 128 g/mol. The van der Waals surface area contributed by atoms with Gasteiger partial charge in [0.05, 0.1) is 0 Å². The van der Waals surface area contributed by atoms with E-state index in [1.54, 1.807) is 0 Å². The van der Waals surface area contributed by atoms with Crippen molar-refractivity contribution < 1.29 is 8.78 Å². The number of anilines is 1. The lowest BCUT2D eigenvalue weighted by Crippen LogP contribution is -1.98. The highest BCUT2D eigenvalue weighted by atomic mass is 19.1. The molecule has 0 radical (unpaired) electrons. The van der Waals surface area contributed by atoms with Crippen molar-refractivity contribution in [2.75, 3.05) is 5.73 Å². The smallest absolute Gasteiger partial charge is 0.225 e. The lowest BCUT2D eigenvalue weighted by atomic mass is 10.6. The van der Waals surface area contributed by atoms with Crippen LogP contribution in [0.15, 0.2) is 6.07 Å². The second-order valence-corrected chi connectivity index (χ2v) is 1.37. The van der Waals surface area contributed by atoms with Crippen molar-refractivity contribution in [1.82, 2.24) is 9.97 Å². The van der Waals surface area contributed by atoms with Gasteiger partial charge in [0.1, 0.15) is 0 Å². The number of rotatable bonds is 0. The summed E-state index contributed by atoms with van der Waals surface area (Å²) in [4.78, 5) is 5.99. The van der Waals surface area contributed by atoms with Crippen LogP contribution >= 0.6 is 0 Å². The quantitative estimate of drug-likeness (QED) is 0.516. The molecule has 0 unspecified atom stereocenters. The van der Waals surface area contributed by atoms with Crippen molar-refractivity contribution in [2.45, 2.75) is 0 Å². The Morgan fingerprint density at radius 3 is 2.00 bits per heavy atom. The van der Waals surface area contributed by atoms with Crippen LogP contribution in [0.5, 0.6) is 0 Å². The Labute approximate surface area is 49.5 Å². The van der Waals surface area contributed by atoms with Crippen LogP contribution in [-0.2, 0) is 0 Å². The summed E-state index contributed by atoms with van der Waals surface area (Å²) in [7, 11) is 0. The molecule has 0 saturated heterocycles. The molecule has 0 bridgehead atoms. The number of hydrogen-bond acceptors (Lipinski definition) is 3. The third-order valence-electron chi connectivity index (χ3n) is 0.681. The van der Waals surface area contributed by atoms with Gasteiger partial charge in [-0.25, -0.2) is 0 Å². The standard InChI is InChI=1S/C4H3F2N3/c5-2-1-3(6)9-4(7)8-2/h1H,(H2,7,8,9). The van der Waals surface area contributed by atoms with E-state index < -0.39 is 17.8 Å². The summed E-state index contributed by atoms with van der Waals surface area (Å²) >= 11 is 0. The Kier molecular flexibility index (Phi) is 1.26. The van der Waals surface area contributed by atoms with Crippen LogP contribution < -0.4 is 5.73 Å². The van der Waals surface area contributed by atoms with Crippen LogP contribution in [0.25, 0.3) is 0 Å². The van der Waals surface area contributed by atoms with Crippen molar-refractivity contribution in [2.24, 2.45) is 0 Å². The number of halogens is 2. The molecule has 0 aliphatic heterocycles. The highest BCUT2D eigenvalue weighted by Crippen LogP contribution is 1.97. The first-order chi connectivity index (χ1) is 4.18. The zero-order valence-electron chi connectivity index (χ0n) is 4.31. The summed E-state index contributed by atoms with van der Waals surface area (Å²) in [5.41, 5.74) is 4.86. The average molecular weight is 131 g/mol. The molecule has 1 heterocycles. The molecule has 0 atom stereocenters. The molecule has 0 fully saturated rings. The third-order valence-corrected chi connectivity index (χ3v) is 0.681. The van der Waals surface area contributed by atoms with Crippen LogP contribution in [0.2, 0.25) is 0 Å². The average Bonchev–Trinajstić information content (AvgIpc) is 1.59. The zero-order chi connectivity index (χ0) is 6.85. The molecule has 2 N–H and O–H groups in total. The maximum Gasteiger partial charge on any atom is 0.225 e. The van der Waals surface area contributed by atoms with Crippen LogP contribution in [0.4, 0.5) is 14.7 Å². The van der Waals surface area contributed by atoms with Gasteiger partial charge in [-0.1, -0.05) is 0 Å². The number of nitrogens with zero attached hydrogens (tertiary/aromatic N) is 2. The highest BCUT2D eigenvalue weighted by Gasteiger charge is 1.97. The van der Waals surface area contributed by atoms with Crippen LogP contribution in [-0.4, -0.2) is 9.97 Å². The second kappa shape index (κ2) is 1.93. The van der Waals surface area contributed by atoms with Crippen molar-refractivity contribution in [1.29, 1.82) is 0 Å². The Balaban J connectivity index is 3.17. The summed E-state index contributed by atoms with van der Waals surface area (Å²) in [5.74, 6) is -2.31. The van der Waals surface area contributed by atoms with Crippen molar-refractivity contribution in [3.8, 4) is 0 Å². The monoisotopic (exact) mass is 131 g/mol. The number of hydrogen-bond donors (Lipinski definition) is 1. The van der Waals surface area contributed by atoms with Gasteiger partial charge in [-0.05, 0) is 0 Å². The largest absolute Gasteiger partial charge is 0.368 e. The van der Waals surface area contributed by atoms with E-state index >= 15 is 0 Å². The molecule has 3 nitrogen and oxygen atoms in total. The van der Waals surface area contributed by atoms with Gasteiger partial charge in [0.15, 0.2) is 0 Å². The molecule has 0 amide bonds. The summed E-state index contributed by atoms with van der Waals surface area (Å²) in [6.07, 6.45) is 0. The maximum atomic E-state index is 12.0. The number of nitrogen functional groups attached to an aromatic ring is 1. The normalized spacial score (nSPS) is 9.56. The molecule has 1 aromatic heterocycles. The first-order valence-corrected chi connectivity index (χ1v) is 2.14. The topological polar surface area (TPSA) is 51.8 Å². The maximum absolute atomic E-state index is 12.0. The fraction of sp³-hybridized carbons (Fsp3) is 0. The number of aromatic nitrogens is 2. The molecule has 48 valence electrons. The fourth-order valence-corrected chi connectivity index (χ4v) is 0.407. The van der Waals surface area contributed by atoms with E-state index in [-0.39, 0.29) is 0 Å². The van der Waals surface area contributed by atoms with E-state index in [1.165, 1.54) is 0 Å². The third kappa shape index (κ3) is 1.31. The van der Waals surface area contributed by atoms with Gasteiger partial charge in [0, 0.05) is 6.07 Å². The lowest BCUT2D eigenvalue weighted by molar-refractivity contribution is 0.529. The van der Waals surface area contributed by atoms with Gasteiger partial charge in [-0.3, -0.25) is 0 Å². The molecule has 1 rings (SSSR count). The summed E-state index contributed by atoms with van der Waals surface area (Å²) in [5, 5.41) is 0. The molecule has 9 heavy (non-hydrogen) atoms. The summed E-state index contributed by atoms with van der Waals surface area (Å²) in [6.45, 7) is 0. The molecule has 1 aromatic rings. The van der Waals surface area contributed by atoms with E-state index in [4.69, 9.17) is 5.73 Å². The molecule has 0 aliphatic carbocycles. The van der Waals surface area contributed by atoms with Crippen molar-refractivity contribution in [3.63, 3.8) is 0 Å².